The second-order valence-corrected chi connectivity index (χ2v) is 4.30. The van der Waals surface area contributed by atoms with Crippen molar-refractivity contribution in [3.63, 3.8) is 0 Å². The Balaban J connectivity index is 2.00. The maximum atomic E-state index is 5.38. The van der Waals surface area contributed by atoms with E-state index in [0.29, 0.717) is 5.92 Å². The molecular formula is C14H19NO. The fraction of sp³-hybridized carbons (Fsp3) is 0.500. The molecule has 0 bridgehead atoms. The van der Waals surface area contributed by atoms with Crippen molar-refractivity contribution in [3.05, 3.63) is 35.9 Å². The minimum atomic E-state index is 0.629. The number of unbranched alkanes of at least 4 members (excludes halogenated alkanes) is 1. The van der Waals surface area contributed by atoms with Gasteiger partial charge in [-0.25, -0.2) is 0 Å². The molecule has 1 saturated carbocycles. The summed E-state index contributed by atoms with van der Waals surface area (Å²) < 4.78 is 0. The van der Waals surface area contributed by atoms with Crippen molar-refractivity contribution in [2.45, 2.75) is 32.6 Å². The molecule has 1 aromatic carbocycles. The summed E-state index contributed by atoms with van der Waals surface area (Å²) >= 11 is 0. The molecule has 0 radical (unpaired) electrons. The molecule has 0 aromatic heterocycles. The number of rotatable bonds is 6. The molecule has 0 amide bonds. The quantitative estimate of drug-likeness (QED) is 0.405. The number of hydrogen-bond acceptors (Lipinski definition) is 2. The van der Waals surface area contributed by atoms with E-state index in [1.54, 1.807) is 0 Å². The van der Waals surface area contributed by atoms with Gasteiger partial charge in [0.2, 0.25) is 0 Å². The molecule has 1 aliphatic carbocycles. The summed E-state index contributed by atoms with van der Waals surface area (Å²) in [5.41, 5.74) is 2.35. The highest BCUT2D eigenvalue weighted by Gasteiger charge is 2.29. The molecule has 1 aliphatic rings. The molecule has 1 fully saturated rings. The van der Waals surface area contributed by atoms with Crippen molar-refractivity contribution in [2.24, 2.45) is 11.1 Å². The van der Waals surface area contributed by atoms with Gasteiger partial charge < -0.3 is 4.84 Å². The minimum Gasteiger partial charge on any atom is -0.396 e. The van der Waals surface area contributed by atoms with E-state index in [9.17, 15) is 0 Å². The molecule has 0 atom stereocenters. The second-order valence-electron chi connectivity index (χ2n) is 4.30. The van der Waals surface area contributed by atoms with Crippen molar-refractivity contribution < 1.29 is 4.84 Å². The van der Waals surface area contributed by atoms with Crippen molar-refractivity contribution in [3.8, 4) is 0 Å². The smallest absolute Gasteiger partial charge is 0.117 e. The molecule has 0 N–H and O–H groups in total. The Labute approximate surface area is 97.3 Å². The van der Waals surface area contributed by atoms with Crippen LogP contribution in [0, 0.1) is 5.92 Å². The van der Waals surface area contributed by atoms with Crippen LogP contribution in [0.2, 0.25) is 0 Å². The Kier molecular flexibility index (Phi) is 3.97. The summed E-state index contributed by atoms with van der Waals surface area (Å²) in [6.07, 6.45) is 4.74. The summed E-state index contributed by atoms with van der Waals surface area (Å²) in [7, 11) is 0. The van der Waals surface area contributed by atoms with Gasteiger partial charge in [0, 0.05) is 5.92 Å². The molecule has 0 heterocycles. The fourth-order valence-electron chi connectivity index (χ4n) is 1.65. The van der Waals surface area contributed by atoms with Gasteiger partial charge in [0.05, 0.1) is 5.71 Å². The average molecular weight is 217 g/mol. The number of hydrogen-bond donors (Lipinski definition) is 0. The third-order valence-corrected chi connectivity index (χ3v) is 2.79. The molecule has 0 spiro atoms. The van der Waals surface area contributed by atoms with Crippen LogP contribution in [0.5, 0.6) is 0 Å². The Morgan fingerprint density at radius 2 is 2.06 bits per heavy atom. The number of benzene rings is 1. The lowest BCUT2D eigenvalue weighted by molar-refractivity contribution is 0.140. The highest BCUT2D eigenvalue weighted by Crippen LogP contribution is 2.33. The van der Waals surface area contributed by atoms with E-state index in [-0.39, 0.29) is 0 Å². The van der Waals surface area contributed by atoms with E-state index in [1.807, 2.05) is 6.07 Å². The predicted molar refractivity (Wildman–Crippen MR) is 66.6 cm³/mol. The summed E-state index contributed by atoms with van der Waals surface area (Å²) in [4.78, 5) is 5.38. The number of nitrogens with zero attached hydrogens (tertiary/aromatic N) is 1. The van der Waals surface area contributed by atoms with E-state index in [2.05, 4.69) is 36.3 Å². The molecule has 0 aliphatic heterocycles. The van der Waals surface area contributed by atoms with Crippen LogP contribution in [-0.2, 0) is 4.84 Å². The van der Waals surface area contributed by atoms with Gasteiger partial charge in [-0.15, -0.1) is 0 Å². The van der Waals surface area contributed by atoms with Gasteiger partial charge >= 0.3 is 0 Å². The highest BCUT2D eigenvalue weighted by molar-refractivity contribution is 6.03. The third-order valence-electron chi connectivity index (χ3n) is 2.79. The van der Waals surface area contributed by atoms with Gasteiger partial charge in [-0.1, -0.05) is 48.8 Å². The zero-order valence-electron chi connectivity index (χ0n) is 9.86. The van der Waals surface area contributed by atoms with Crippen LogP contribution in [0.25, 0.3) is 0 Å². The molecule has 2 heteroatoms. The Bertz CT molecular complexity index is 341. The van der Waals surface area contributed by atoms with Gasteiger partial charge in [0.25, 0.3) is 0 Å². The third kappa shape index (κ3) is 3.09. The maximum absolute atomic E-state index is 5.38. The van der Waals surface area contributed by atoms with Gasteiger partial charge in [0.1, 0.15) is 6.61 Å². The lowest BCUT2D eigenvalue weighted by Crippen LogP contribution is -2.04. The number of oxime groups is 1. The van der Waals surface area contributed by atoms with E-state index in [1.165, 1.54) is 18.4 Å². The standard InChI is InChI=1S/C14H19NO/c1-2-3-11-16-15-14(13-9-10-13)12-7-5-4-6-8-12/h4-8,13H,2-3,9-11H2,1H3/b15-14-. The first-order valence-corrected chi connectivity index (χ1v) is 6.17. The lowest BCUT2D eigenvalue weighted by atomic mass is 10.1. The van der Waals surface area contributed by atoms with E-state index in [0.717, 1.165) is 25.2 Å². The minimum absolute atomic E-state index is 0.629. The van der Waals surface area contributed by atoms with Crippen molar-refractivity contribution in [1.29, 1.82) is 0 Å². The van der Waals surface area contributed by atoms with Crippen LogP contribution in [0.4, 0.5) is 0 Å². The molecule has 2 nitrogen and oxygen atoms in total. The maximum Gasteiger partial charge on any atom is 0.117 e. The topological polar surface area (TPSA) is 21.6 Å². The Morgan fingerprint density at radius 3 is 2.69 bits per heavy atom. The van der Waals surface area contributed by atoms with E-state index in [4.69, 9.17) is 4.84 Å². The van der Waals surface area contributed by atoms with Gasteiger partial charge in [-0.2, -0.15) is 0 Å². The Hall–Kier alpha value is -1.31. The molecule has 0 unspecified atom stereocenters. The van der Waals surface area contributed by atoms with E-state index < -0.39 is 0 Å². The summed E-state index contributed by atoms with van der Waals surface area (Å²) in [5, 5.41) is 4.31. The van der Waals surface area contributed by atoms with Crippen LogP contribution in [0.1, 0.15) is 38.2 Å². The van der Waals surface area contributed by atoms with E-state index >= 15 is 0 Å². The SMILES string of the molecule is CCCCO/N=C(/c1ccccc1)C1CC1. The van der Waals surface area contributed by atoms with Gasteiger partial charge in [-0.05, 0) is 24.8 Å². The fourth-order valence-corrected chi connectivity index (χ4v) is 1.65. The first-order chi connectivity index (χ1) is 7.92. The monoisotopic (exact) mass is 217 g/mol. The molecule has 16 heavy (non-hydrogen) atoms. The molecule has 86 valence electrons. The van der Waals surface area contributed by atoms with Crippen LogP contribution in [0.15, 0.2) is 35.5 Å². The molecule has 2 rings (SSSR count). The Morgan fingerprint density at radius 1 is 1.31 bits per heavy atom. The normalized spacial score (nSPS) is 16.2. The van der Waals surface area contributed by atoms with Gasteiger partial charge in [0.15, 0.2) is 0 Å². The van der Waals surface area contributed by atoms with Crippen molar-refractivity contribution in [2.75, 3.05) is 6.61 Å². The first-order valence-electron chi connectivity index (χ1n) is 6.17. The van der Waals surface area contributed by atoms with Crippen molar-refractivity contribution in [1.82, 2.24) is 0 Å². The molecule has 1 aromatic rings. The van der Waals surface area contributed by atoms with Crippen LogP contribution in [0.3, 0.4) is 0 Å². The average Bonchev–Trinajstić information content (AvgIpc) is 3.15. The van der Waals surface area contributed by atoms with Crippen LogP contribution < -0.4 is 0 Å². The lowest BCUT2D eigenvalue weighted by Gasteiger charge is -2.05. The van der Waals surface area contributed by atoms with Crippen molar-refractivity contribution >= 4 is 5.71 Å². The van der Waals surface area contributed by atoms with Crippen LogP contribution >= 0.6 is 0 Å². The summed E-state index contributed by atoms with van der Waals surface area (Å²) in [6, 6.07) is 10.4. The van der Waals surface area contributed by atoms with Crippen LogP contribution in [-0.4, -0.2) is 12.3 Å². The summed E-state index contributed by atoms with van der Waals surface area (Å²) in [6.45, 7) is 2.89. The zero-order chi connectivity index (χ0) is 11.2. The first kappa shape index (κ1) is 11.2. The summed E-state index contributed by atoms with van der Waals surface area (Å²) in [5.74, 6) is 0.629. The second kappa shape index (κ2) is 5.69. The largest absolute Gasteiger partial charge is 0.396 e. The highest BCUT2D eigenvalue weighted by atomic mass is 16.6. The molecular weight excluding hydrogens is 198 g/mol. The van der Waals surface area contributed by atoms with Gasteiger partial charge in [-0.3, -0.25) is 0 Å². The zero-order valence-corrected chi connectivity index (χ0v) is 9.86. The predicted octanol–water partition coefficient (Wildman–Crippen LogP) is 3.62. The molecule has 0 saturated heterocycles.